The van der Waals surface area contributed by atoms with Crippen molar-refractivity contribution in [1.29, 1.82) is 5.26 Å². The molecule has 3 N–H and O–H groups in total. The topological polar surface area (TPSA) is 109 Å². The van der Waals surface area contributed by atoms with Crippen LogP contribution in [-0.4, -0.2) is 26.7 Å². The molecule has 2 saturated carbocycles. The van der Waals surface area contributed by atoms with E-state index in [-0.39, 0.29) is 19.4 Å². The van der Waals surface area contributed by atoms with Crippen LogP contribution in [0.15, 0.2) is 18.5 Å². The number of halogens is 3. The number of nitriles is 1. The van der Waals surface area contributed by atoms with E-state index in [9.17, 15) is 23.2 Å². The molecule has 0 radical (unpaired) electrons. The van der Waals surface area contributed by atoms with Crippen LogP contribution in [0.3, 0.4) is 0 Å². The number of amides is 1. The van der Waals surface area contributed by atoms with E-state index in [4.69, 9.17) is 5.73 Å². The van der Waals surface area contributed by atoms with Crippen molar-refractivity contribution in [2.24, 2.45) is 16.6 Å². The minimum absolute atomic E-state index is 0.0402. The SMILES string of the molecule is N#CC1(C(NC(=O)CC2(C(F)(F)F)CC2)c2cnn3cc(CN)nc3c2)CC1. The lowest BCUT2D eigenvalue weighted by Crippen LogP contribution is -2.38. The normalized spacial score (nSPS) is 20.4. The lowest BCUT2D eigenvalue weighted by molar-refractivity contribution is -0.190. The van der Waals surface area contributed by atoms with Gasteiger partial charge >= 0.3 is 6.18 Å². The number of hydrogen-bond acceptors (Lipinski definition) is 5. The molecule has 1 unspecified atom stereocenters. The Morgan fingerprint density at radius 3 is 2.64 bits per heavy atom. The standard InChI is InChI=1S/C18H19F3N6O/c19-18(20,21)17(3-4-17)6-14(28)26-15(16(10-23)1-2-16)11-5-13-25-12(7-22)9-27(13)24-8-11/h5,8-9,15H,1-4,6-7,22H2,(H,26,28). The lowest BCUT2D eigenvalue weighted by Gasteiger charge is -2.25. The molecular weight excluding hydrogens is 373 g/mol. The molecule has 4 rings (SSSR count). The molecule has 0 saturated heterocycles. The van der Waals surface area contributed by atoms with E-state index >= 15 is 0 Å². The number of hydrogen-bond donors (Lipinski definition) is 2. The number of nitrogens with one attached hydrogen (secondary N) is 1. The number of nitrogens with two attached hydrogens (primary N) is 1. The van der Waals surface area contributed by atoms with Gasteiger partial charge in [0.05, 0.1) is 41.0 Å². The van der Waals surface area contributed by atoms with Gasteiger partial charge < -0.3 is 11.1 Å². The Bertz CT molecular complexity index is 968. The average molecular weight is 392 g/mol. The summed E-state index contributed by atoms with van der Waals surface area (Å²) in [7, 11) is 0. The maximum atomic E-state index is 13.2. The van der Waals surface area contributed by atoms with Crippen molar-refractivity contribution in [1.82, 2.24) is 19.9 Å². The van der Waals surface area contributed by atoms with Crippen molar-refractivity contribution in [2.45, 2.75) is 50.9 Å². The lowest BCUT2D eigenvalue weighted by atomic mass is 9.91. The first-order chi connectivity index (χ1) is 13.2. The van der Waals surface area contributed by atoms with E-state index < -0.39 is 35.4 Å². The summed E-state index contributed by atoms with van der Waals surface area (Å²) in [5.74, 6) is -0.702. The summed E-state index contributed by atoms with van der Waals surface area (Å²) >= 11 is 0. The van der Waals surface area contributed by atoms with Crippen LogP contribution in [0.4, 0.5) is 13.2 Å². The van der Waals surface area contributed by atoms with Crippen LogP contribution in [0.5, 0.6) is 0 Å². The van der Waals surface area contributed by atoms with Gasteiger partial charge in [0.2, 0.25) is 5.91 Å². The zero-order valence-corrected chi connectivity index (χ0v) is 15.0. The zero-order chi connectivity index (χ0) is 20.2. The molecule has 0 aromatic carbocycles. The number of alkyl halides is 3. The Balaban J connectivity index is 1.60. The highest BCUT2D eigenvalue weighted by molar-refractivity contribution is 5.78. The van der Waals surface area contributed by atoms with Gasteiger partial charge in [-0.25, -0.2) is 9.50 Å². The van der Waals surface area contributed by atoms with Crippen molar-refractivity contribution in [3.05, 3.63) is 29.7 Å². The maximum Gasteiger partial charge on any atom is 0.395 e. The predicted molar refractivity (Wildman–Crippen MR) is 91.4 cm³/mol. The first kappa shape index (κ1) is 18.7. The van der Waals surface area contributed by atoms with Gasteiger partial charge in [0.15, 0.2) is 5.65 Å². The first-order valence-electron chi connectivity index (χ1n) is 9.04. The number of nitrogens with zero attached hydrogens (tertiary/aromatic N) is 4. The summed E-state index contributed by atoms with van der Waals surface area (Å²) in [6.45, 7) is 0.237. The first-order valence-corrected chi connectivity index (χ1v) is 9.04. The van der Waals surface area contributed by atoms with Crippen LogP contribution in [-0.2, 0) is 11.3 Å². The highest BCUT2D eigenvalue weighted by atomic mass is 19.4. The van der Waals surface area contributed by atoms with E-state index in [0.29, 0.717) is 29.7 Å². The average Bonchev–Trinajstić information content (AvgIpc) is 3.56. The number of fused-ring (bicyclic) bond motifs is 1. The Kier molecular flexibility index (Phi) is 4.12. The van der Waals surface area contributed by atoms with Crippen LogP contribution in [0, 0.1) is 22.2 Å². The molecular formula is C18H19F3N6O. The minimum atomic E-state index is -4.40. The van der Waals surface area contributed by atoms with E-state index in [0.717, 1.165) is 0 Å². The third kappa shape index (κ3) is 3.09. The fourth-order valence-electron chi connectivity index (χ4n) is 3.57. The molecule has 0 aliphatic heterocycles. The van der Waals surface area contributed by atoms with Gasteiger partial charge in [-0.15, -0.1) is 0 Å². The number of carbonyl (C=O) groups is 1. The van der Waals surface area contributed by atoms with Gasteiger partial charge in [-0.3, -0.25) is 4.79 Å². The summed E-state index contributed by atoms with van der Waals surface area (Å²) in [6.07, 6.45) is -0.799. The van der Waals surface area contributed by atoms with E-state index in [1.807, 2.05) is 0 Å². The van der Waals surface area contributed by atoms with Crippen LogP contribution in [0.25, 0.3) is 5.65 Å². The molecule has 2 aromatic rings. The molecule has 2 fully saturated rings. The highest BCUT2D eigenvalue weighted by Gasteiger charge is 2.64. The van der Waals surface area contributed by atoms with Gasteiger partial charge in [-0.05, 0) is 37.3 Å². The maximum absolute atomic E-state index is 13.2. The summed E-state index contributed by atoms with van der Waals surface area (Å²) in [4.78, 5) is 16.8. The molecule has 7 nitrogen and oxygen atoms in total. The second-order valence-electron chi connectivity index (χ2n) is 7.75. The predicted octanol–water partition coefficient (Wildman–Crippen LogP) is 2.38. The molecule has 2 aliphatic carbocycles. The molecule has 0 spiro atoms. The molecule has 148 valence electrons. The number of aromatic nitrogens is 3. The molecule has 2 heterocycles. The zero-order valence-electron chi connectivity index (χ0n) is 15.0. The second-order valence-corrected chi connectivity index (χ2v) is 7.75. The Labute approximate surface area is 158 Å². The minimum Gasteiger partial charge on any atom is -0.348 e. The number of rotatable bonds is 6. The Hall–Kier alpha value is -2.67. The Morgan fingerprint density at radius 1 is 1.39 bits per heavy atom. The van der Waals surface area contributed by atoms with Gasteiger partial charge in [0.25, 0.3) is 0 Å². The smallest absolute Gasteiger partial charge is 0.348 e. The largest absolute Gasteiger partial charge is 0.395 e. The van der Waals surface area contributed by atoms with Crippen LogP contribution < -0.4 is 11.1 Å². The van der Waals surface area contributed by atoms with Crippen molar-refractivity contribution in [3.63, 3.8) is 0 Å². The fourth-order valence-corrected chi connectivity index (χ4v) is 3.57. The van der Waals surface area contributed by atoms with Crippen molar-refractivity contribution < 1.29 is 18.0 Å². The van der Waals surface area contributed by atoms with Gasteiger partial charge in [-0.1, -0.05) is 0 Å². The van der Waals surface area contributed by atoms with Gasteiger partial charge in [-0.2, -0.15) is 23.5 Å². The van der Waals surface area contributed by atoms with Crippen molar-refractivity contribution in [2.75, 3.05) is 0 Å². The van der Waals surface area contributed by atoms with Gasteiger partial charge in [0.1, 0.15) is 0 Å². The third-order valence-electron chi connectivity index (χ3n) is 5.76. The third-order valence-corrected chi connectivity index (χ3v) is 5.76. The fraction of sp³-hybridized carbons (Fsp3) is 0.556. The van der Waals surface area contributed by atoms with E-state index in [1.165, 1.54) is 10.7 Å². The molecule has 1 amide bonds. The summed E-state index contributed by atoms with van der Waals surface area (Å²) in [6, 6.07) is 3.17. The molecule has 0 bridgehead atoms. The molecule has 2 aliphatic rings. The van der Waals surface area contributed by atoms with Crippen LogP contribution >= 0.6 is 0 Å². The van der Waals surface area contributed by atoms with Crippen molar-refractivity contribution >= 4 is 11.6 Å². The van der Waals surface area contributed by atoms with Gasteiger partial charge in [0, 0.05) is 13.0 Å². The highest BCUT2D eigenvalue weighted by Crippen LogP contribution is 2.60. The van der Waals surface area contributed by atoms with Crippen LogP contribution in [0.1, 0.15) is 49.4 Å². The second kappa shape index (κ2) is 6.17. The summed E-state index contributed by atoms with van der Waals surface area (Å²) in [5.41, 5.74) is 4.51. The molecule has 1 atom stereocenters. The summed E-state index contributed by atoms with van der Waals surface area (Å²) in [5, 5.41) is 16.5. The quantitative estimate of drug-likeness (QED) is 0.785. The van der Waals surface area contributed by atoms with Crippen molar-refractivity contribution in [3.8, 4) is 6.07 Å². The number of imidazole rings is 1. The monoisotopic (exact) mass is 392 g/mol. The van der Waals surface area contributed by atoms with E-state index in [1.54, 1.807) is 12.3 Å². The van der Waals surface area contributed by atoms with Crippen LogP contribution in [0.2, 0.25) is 0 Å². The number of carbonyl (C=O) groups excluding carboxylic acids is 1. The van der Waals surface area contributed by atoms with E-state index in [2.05, 4.69) is 21.5 Å². The Morgan fingerprint density at radius 2 is 2.11 bits per heavy atom. The molecule has 10 heteroatoms. The molecule has 28 heavy (non-hydrogen) atoms. The molecule has 2 aromatic heterocycles. The summed E-state index contributed by atoms with van der Waals surface area (Å²) < 4.78 is 41.1.